The Morgan fingerprint density at radius 3 is 2.54 bits per heavy atom. The van der Waals surface area contributed by atoms with Gasteiger partial charge in [0, 0.05) is 29.2 Å². The monoisotopic (exact) mass is 350 g/mol. The first kappa shape index (κ1) is 18.1. The van der Waals surface area contributed by atoms with E-state index in [4.69, 9.17) is 4.74 Å². The number of aromatic nitrogens is 1. The number of fused-ring (bicyclic) bond motifs is 1. The molecular weight excluding hydrogens is 324 g/mol. The molecule has 0 radical (unpaired) electrons. The van der Waals surface area contributed by atoms with Gasteiger partial charge in [-0.25, -0.2) is 0 Å². The molecule has 2 aromatic carbocycles. The first-order valence-electron chi connectivity index (χ1n) is 8.97. The summed E-state index contributed by atoms with van der Waals surface area (Å²) in [6, 6.07) is 16.0. The molecule has 0 unspecified atom stereocenters. The summed E-state index contributed by atoms with van der Waals surface area (Å²) in [6.45, 7) is 6.99. The van der Waals surface area contributed by atoms with Gasteiger partial charge in [-0.15, -0.1) is 0 Å². The lowest BCUT2D eigenvalue weighted by molar-refractivity contribution is -0.122. The minimum absolute atomic E-state index is 0.0000813. The Bertz CT molecular complexity index is 925. The third-order valence-electron chi connectivity index (χ3n) is 4.80. The SMILES string of the molecule is CCn1cc(CC(=O)NC(C)(C)c2ccccc2OC)c2ccccc21. The van der Waals surface area contributed by atoms with E-state index in [1.54, 1.807) is 7.11 Å². The van der Waals surface area contributed by atoms with E-state index < -0.39 is 5.54 Å². The van der Waals surface area contributed by atoms with Gasteiger partial charge < -0.3 is 14.6 Å². The highest BCUT2D eigenvalue weighted by Crippen LogP contribution is 2.29. The second-order valence-corrected chi connectivity index (χ2v) is 7.01. The van der Waals surface area contributed by atoms with Crippen LogP contribution in [0.15, 0.2) is 54.7 Å². The van der Waals surface area contributed by atoms with E-state index in [2.05, 4.69) is 35.1 Å². The van der Waals surface area contributed by atoms with Gasteiger partial charge in [-0.05, 0) is 38.5 Å². The molecule has 0 aliphatic rings. The highest BCUT2D eigenvalue weighted by molar-refractivity contribution is 5.89. The number of carbonyl (C=O) groups excluding carboxylic acids is 1. The van der Waals surface area contributed by atoms with E-state index in [1.165, 1.54) is 5.52 Å². The molecule has 0 bridgehead atoms. The fourth-order valence-electron chi connectivity index (χ4n) is 3.52. The van der Waals surface area contributed by atoms with E-state index in [0.717, 1.165) is 28.8 Å². The highest BCUT2D eigenvalue weighted by atomic mass is 16.5. The number of methoxy groups -OCH3 is 1. The number of aryl methyl sites for hydroxylation is 1. The van der Waals surface area contributed by atoms with Crippen molar-refractivity contribution in [1.29, 1.82) is 0 Å². The fourth-order valence-corrected chi connectivity index (χ4v) is 3.52. The van der Waals surface area contributed by atoms with Gasteiger partial charge in [-0.3, -0.25) is 4.79 Å². The molecule has 3 aromatic rings. The van der Waals surface area contributed by atoms with Gasteiger partial charge in [-0.1, -0.05) is 36.4 Å². The molecular formula is C22H26N2O2. The van der Waals surface area contributed by atoms with Crippen molar-refractivity contribution >= 4 is 16.8 Å². The van der Waals surface area contributed by atoms with Crippen LogP contribution in [0.25, 0.3) is 10.9 Å². The van der Waals surface area contributed by atoms with Crippen molar-refractivity contribution in [2.24, 2.45) is 0 Å². The summed E-state index contributed by atoms with van der Waals surface area (Å²) in [5.74, 6) is 0.778. The van der Waals surface area contributed by atoms with Crippen LogP contribution in [-0.2, 0) is 23.3 Å². The third-order valence-corrected chi connectivity index (χ3v) is 4.80. The van der Waals surface area contributed by atoms with Crippen molar-refractivity contribution in [2.75, 3.05) is 7.11 Å². The number of para-hydroxylation sites is 2. The van der Waals surface area contributed by atoms with Crippen molar-refractivity contribution in [1.82, 2.24) is 9.88 Å². The van der Waals surface area contributed by atoms with E-state index in [0.29, 0.717) is 6.42 Å². The molecule has 0 atom stereocenters. The molecule has 0 saturated heterocycles. The Labute approximate surface area is 154 Å². The molecule has 1 aromatic heterocycles. The molecule has 0 saturated carbocycles. The van der Waals surface area contributed by atoms with Crippen LogP contribution in [0.2, 0.25) is 0 Å². The summed E-state index contributed by atoms with van der Waals surface area (Å²) in [4.78, 5) is 12.8. The maximum atomic E-state index is 12.8. The maximum Gasteiger partial charge on any atom is 0.225 e. The van der Waals surface area contributed by atoms with Gasteiger partial charge in [0.05, 0.1) is 19.1 Å². The fraction of sp³-hybridized carbons (Fsp3) is 0.318. The van der Waals surface area contributed by atoms with Crippen LogP contribution in [0, 0.1) is 0 Å². The van der Waals surface area contributed by atoms with E-state index in [9.17, 15) is 4.79 Å². The quantitative estimate of drug-likeness (QED) is 0.722. The van der Waals surface area contributed by atoms with Crippen molar-refractivity contribution in [3.05, 3.63) is 65.9 Å². The topological polar surface area (TPSA) is 43.3 Å². The molecule has 0 fully saturated rings. The van der Waals surface area contributed by atoms with Crippen LogP contribution in [0.5, 0.6) is 5.75 Å². The molecule has 1 heterocycles. The summed E-state index contributed by atoms with van der Waals surface area (Å²) in [5.41, 5.74) is 2.66. The van der Waals surface area contributed by atoms with Gasteiger partial charge in [0.2, 0.25) is 5.91 Å². The largest absolute Gasteiger partial charge is 0.496 e. The number of nitrogens with one attached hydrogen (secondary N) is 1. The number of hydrogen-bond donors (Lipinski definition) is 1. The average molecular weight is 350 g/mol. The number of benzene rings is 2. The summed E-state index contributed by atoms with van der Waals surface area (Å²) < 4.78 is 7.64. The van der Waals surface area contributed by atoms with E-state index in [-0.39, 0.29) is 5.91 Å². The zero-order valence-corrected chi connectivity index (χ0v) is 15.9. The van der Waals surface area contributed by atoms with Crippen molar-refractivity contribution in [2.45, 2.75) is 39.3 Å². The Morgan fingerprint density at radius 2 is 1.81 bits per heavy atom. The molecule has 3 rings (SSSR count). The standard InChI is InChI=1S/C22H26N2O2/c1-5-24-15-16(17-10-6-8-12-19(17)24)14-21(25)23-22(2,3)18-11-7-9-13-20(18)26-4/h6-13,15H,5,14H2,1-4H3,(H,23,25). The smallest absolute Gasteiger partial charge is 0.225 e. The van der Waals surface area contributed by atoms with E-state index >= 15 is 0 Å². The summed E-state index contributed by atoms with van der Waals surface area (Å²) in [6.07, 6.45) is 2.44. The van der Waals surface area contributed by atoms with Crippen LogP contribution in [-0.4, -0.2) is 17.6 Å². The summed E-state index contributed by atoms with van der Waals surface area (Å²) in [5, 5.41) is 4.30. The van der Waals surface area contributed by atoms with Crippen LogP contribution in [0.3, 0.4) is 0 Å². The lowest BCUT2D eigenvalue weighted by Gasteiger charge is -2.28. The third kappa shape index (κ3) is 3.45. The maximum absolute atomic E-state index is 12.8. The number of hydrogen-bond acceptors (Lipinski definition) is 2. The first-order chi connectivity index (χ1) is 12.5. The Kier molecular flexibility index (Phi) is 5.03. The zero-order chi connectivity index (χ0) is 18.7. The van der Waals surface area contributed by atoms with E-state index in [1.807, 2.05) is 50.2 Å². The zero-order valence-electron chi connectivity index (χ0n) is 15.9. The second kappa shape index (κ2) is 7.24. The van der Waals surface area contributed by atoms with Crippen molar-refractivity contribution in [3.63, 3.8) is 0 Å². The second-order valence-electron chi connectivity index (χ2n) is 7.01. The number of rotatable bonds is 6. The minimum Gasteiger partial charge on any atom is -0.496 e. The molecule has 26 heavy (non-hydrogen) atoms. The summed E-state index contributed by atoms with van der Waals surface area (Å²) >= 11 is 0. The van der Waals surface area contributed by atoms with Gasteiger partial charge >= 0.3 is 0 Å². The van der Waals surface area contributed by atoms with Gasteiger partial charge in [0.1, 0.15) is 5.75 Å². The predicted octanol–water partition coefficient (Wildman–Crippen LogP) is 4.26. The van der Waals surface area contributed by atoms with Crippen molar-refractivity contribution in [3.8, 4) is 5.75 Å². The van der Waals surface area contributed by atoms with Crippen molar-refractivity contribution < 1.29 is 9.53 Å². The molecule has 4 heteroatoms. The normalized spacial score (nSPS) is 11.5. The molecule has 4 nitrogen and oxygen atoms in total. The molecule has 1 N–H and O–H groups in total. The Hall–Kier alpha value is -2.75. The molecule has 0 spiro atoms. The Morgan fingerprint density at radius 1 is 1.12 bits per heavy atom. The average Bonchev–Trinajstić information content (AvgIpc) is 2.99. The Balaban J connectivity index is 1.83. The van der Waals surface area contributed by atoms with Crippen LogP contribution >= 0.6 is 0 Å². The van der Waals surface area contributed by atoms with Gasteiger partial charge in [0.25, 0.3) is 0 Å². The number of carbonyl (C=O) groups is 1. The van der Waals surface area contributed by atoms with Gasteiger partial charge in [-0.2, -0.15) is 0 Å². The predicted molar refractivity (Wildman–Crippen MR) is 105 cm³/mol. The van der Waals surface area contributed by atoms with Crippen LogP contribution in [0.1, 0.15) is 31.9 Å². The van der Waals surface area contributed by atoms with Gasteiger partial charge in [0.15, 0.2) is 0 Å². The minimum atomic E-state index is -0.521. The van der Waals surface area contributed by atoms with Crippen LogP contribution in [0.4, 0.5) is 0 Å². The highest BCUT2D eigenvalue weighted by Gasteiger charge is 2.26. The molecule has 0 aliphatic carbocycles. The van der Waals surface area contributed by atoms with Crippen LogP contribution < -0.4 is 10.1 Å². The molecule has 0 aliphatic heterocycles. The lowest BCUT2D eigenvalue weighted by Crippen LogP contribution is -2.42. The first-order valence-corrected chi connectivity index (χ1v) is 8.97. The summed E-state index contributed by atoms with van der Waals surface area (Å²) in [7, 11) is 1.65. The number of nitrogens with zero attached hydrogens (tertiary/aromatic N) is 1. The molecule has 1 amide bonds. The number of amides is 1. The number of ether oxygens (including phenoxy) is 1. The lowest BCUT2D eigenvalue weighted by atomic mass is 9.93. The molecule has 136 valence electrons.